The Morgan fingerprint density at radius 3 is 1.25 bits per heavy atom. The summed E-state index contributed by atoms with van der Waals surface area (Å²) in [7, 11) is -2.81. The fraction of sp³-hybridized carbons (Fsp3) is 0. The molecule has 0 spiro atoms. The van der Waals surface area contributed by atoms with Crippen LogP contribution in [0.4, 0.5) is 0 Å². The van der Waals surface area contributed by atoms with Crippen LogP contribution in [0.25, 0.3) is 0 Å². The van der Waals surface area contributed by atoms with Crippen molar-refractivity contribution in [2.24, 2.45) is 0 Å². The van der Waals surface area contributed by atoms with Crippen LogP contribution in [-0.4, -0.2) is 11.4 Å². The van der Waals surface area contributed by atoms with Crippen LogP contribution in [0.3, 0.4) is 0 Å². The van der Waals surface area contributed by atoms with Crippen molar-refractivity contribution in [2.75, 3.05) is 0 Å². The molecule has 0 saturated carbocycles. The normalized spacial score (nSPS) is 12.6. The van der Waals surface area contributed by atoms with Crippen molar-refractivity contribution in [1.82, 2.24) is 0 Å². The Bertz CT molecular complexity index is 731. The zero-order chi connectivity index (χ0) is 16.8. The van der Waals surface area contributed by atoms with Crippen LogP contribution in [0.5, 0.6) is 0 Å². The van der Waals surface area contributed by atoms with E-state index in [1.54, 1.807) is 0 Å². The fourth-order valence-electron chi connectivity index (χ4n) is 3.28. The van der Waals surface area contributed by atoms with Gasteiger partial charge < -0.3 is 0 Å². The van der Waals surface area contributed by atoms with Gasteiger partial charge in [0.1, 0.15) is 0 Å². The van der Waals surface area contributed by atoms with Crippen LogP contribution in [0.2, 0.25) is 0 Å². The first kappa shape index (κ1) is 16.2. The Labute approximate surface area is 142 Å². The molecule has 0 saturated heterocycles. The van der Waals surface area contributed by atoms with E-state index >= 15 is 0 Å². The van der Waals surface area contributed by atoms with Crippen molar-refractivity contribution < 1.29 is 9.90 Å². The van der Waals surface area contributed by atoms with E-state index in [1.165, 1.54) is 0 Å². The van der Waals surface area contributed by atoms with Crippen molar-refractivity contribution in [3.05, 3.63) is 103 Å². The van der Waals surface area contributed by atoms with Gasteiger partial charge in [0.25, 0.3) is 0 Å². The van der Waals surface area contributed by atoms with Crippen LogP contribution >= 0.6 is 7.26 Å². The van der Waals surface area contributed by atoms with E-state index in [4.69, 9.17) is 0 Å². The first-order valence-electron chi connectivity index (χ1n) is 7.80. The molecule has 3 aromatic carbocycles. The minimum atomic E-state index is -2.81. The topological polar surface area (TPSA) is 37.3 Å². The molecular weight excluding hydrogens is 315 g/mol. The summed E-state index contributed by atoms with van der Waals surface area (Å²) in [5, 5.41) is 13.5. The predicted molar refractivity (Wildman–Crippen MR) is 103 cm³/mol. The number of aliphatic hydroxyl groups is 1. The van der Waals surface area contributed by atoms with Gasteiger partial charge in [-0.2, -0.15) is 0 Å². The second kappa shape index (κ2) is 7.25. The molecule has 24 heavy (non-hydrogen) atoms. The van der Waals surface area contributed by atoms with Gasteiger partial charge >= 0.3 is 142 Å². The van der Waals surface area contributed by atoms with E-state index in [1.807, 2.05) is 91.0 Å². The summed E-state index contributed by atoms with van der Waals surface area (Å²) in [4.78, 5) is 11.9. The molecule has 0 aromatic heterocycles. The zero-order valence-electron chi connectivity index (χ0n) is 13.2. The maximum absolute atomic E-state index is 11.9. The molecule has 0 unspecified atom stereocenters. The Hall–Kier alpha value is -2.70. The van der Waals surface area contributed by atoms with Crippen molar-refractivity contribution in [3.8, 4) is 0 Å². The molecule has 1 N–H and O–H groups in total. The van der Waals surface area contributed by atoms with Gasteiger partial charge in [-0.1, -0.05) is 0 Å². The second-order valence-electron chi connectivity index (χ2n) is 5.55. The summed E-state index contributed by atoms with van der Waals surface area (Å²) in [6.45, 7) is 0. The van der Waals surface area contributed by atoms with E-state index in [9.17, 15) is 9.90 Å². The Morgan fingerprint density at radius 2 is 1.00 bits per heavy atom. The minimum absolute atomic E-state index is 0.436. The molecular formula is C21H19O2P. The molecule has 0 aliphatic heterocycles. The van der Waals surface area contributed by atoms with E-state index in [2.05, 4.69) is 0 Å². The van der Waals surface area contributed by atoms with Gasteiger partial charge in [0.15, 0.2) is 0 Å². The number of rotatable bonds is 5. The van der Waals surface area contributed by atoms with E-state index in [0.717, 1.165) is 28.5 Å². The first-order valence-corrected chi connectivity index (χ1v) is 9.80. The van der Waals surface area contributed by atoms with E-state index < -0.39 is 7.26 Å². The fourth-order valence-corrected chi connectivity index (χ4v) is 7.73. The molecule has 3 aromatic rings. The molecule has 0 atom stereocenters. The Balaban J connectivity index is 2.44. The summed E-state index contributed by atoms with van der Waals surface area (Å²) in [6, 6.07) is 30.0. The molecule has 0 aliphatic carbocycles. The van der Waals surface area contributed by atoms with E-state index in [-0.39, 0.29) is 0 Å². The molecule has 0 radical (unpaired) electrons. The summed E-state index contributed by atoms with van der Waals surface area (Å²) in [5.41, 5.74) is 0. The maximum atomic E-state index is 11.9. The number of allylic oxidation sites excluding steroid dienone is 1. The van der Waals surface area contributed by atoms with Crippen molar-refractivity contribution >= 4 is 29.5 Å². The second-order valence-corrected chi connectivity index (χ2v) is 9.36. The number of benzene rings is 3. The van der Waals surface area contributed by atoms with Gasteiger partial charge in [-0.3, -0.25) is 0 Å². The van der Waals surface area contributed by atoms with Gasteiger partial charge in [0.05, 0.1) is 0 Å². The van der Waals surface area contributed by atoms with Crippen LogP contribution in [0.1, 0.15) is 0 Å². The Morgan fingerprint density at radius 1 is 0.667 bits per heavy atom. The van der Waals surface area contributed by atoms with Crippen molar-refractivity contribution in [3.63, 3.8) is 0 Å². The summed E-state index contributed by atoms with van der Waals surface area (Å²) in [5.74, 6) is 0. The molecule has 0 aliphatic rings. The summed E-state index contributed by atoms with van der Waals surface area (Å²) < 4.78 is 0. The first-order chi connectivity index (χ1) is 11.8. The van der Waals surface area contributed by atoms with Gasteiger partial charge in [0, 0.05) is 0 Å². The molecule has 0 bridgehead atoms. The molecule has 0 amide bonds. The van der Waals surface area contributed by atoms with Crippen LogP contribution < -0.4 is 15.9 Å². The molecule has 3 heteroatoms. The standard InChI is InChI=1S/C21H19O2P/c22-16-21(17-23)24(18-10-4-1-5-11-18,19-12-6-2-7-13-19)20-14-8-3-9-15-20/h1-17,22,24H. The molecule has 3 rings (SSSR count). The van der Waals surface area contributed by atoms with Gasteiger partial charge in [-0.15, -0.1) is 0 Å². The van der Waals surface area contributed by atoms with Gasteiger partial charge in [-0.25, -0.2) is 0 Å². The number of aliphatic hydroxyl groups excluding tert-OH is 1. The molecule has 2 nitrogen and oxygen atoms in total. The summed E-state index contributed by atoms with van der Waals surface area (Å²) >= 11 is 0. The third kappa shape index (κ3) is 2.66. The van der Waals surface area contributed by atoms with Crippen LogP contribution in [-0.2, 0) is 4.79 Å². The average Bonchev–Trinajstić information content (AvgIpc) is 2.68. The number of carbonyl (C=O) groups excluding carboxylic acids is 1. The van der Waals surface area contributed by atoms with Crippen molar-refractivity contribution in [1.29, 1.82) is 0 Å². The molecule has 0 heterocycles. The number of carbonyl (C=O) groups is 1. The number of hydrogen-bond acceptors (Lipinski definition) is 2. The van der Waals surface area contributed by atoms with Crippen LogP contribution in [0, 0.1) is 0 Å². The third-order valence-corrected chi connectivity index (χ3v) is 9.03. The van der Waals surface area contributed by atoms with Gasteiger partial charge in [-0.05, 0) is 0 Å². The quantitative estimate of drug-likeness (QED) is 0.336. The SMILES string of the molecule is O=CC(=CO)[PH](c1ccccc1)(c1ccccc1)c1ccccc1. The van der Waals surface area contributed by atoms with Crippen LogP contribution in [0.15, 0.2) is 103 Å². The molecule has 0 fully saturated rings. The van der Waals surface area contributed by atoms with Crippen molar-refractivity contribution in [2.45, 2.75) is 0 Å². The zero-order valence-corrected chi connectivity index (χ0v) is 14.2. The summed E-state index contributed by atoms with van der Waals surface area (Å²) in [6.07, 6.45) is 1.77. The monoisotopic (exact) mass is 334 g/mol. The Kier molecular flexibility index (Phi) is 4.88. The number of aldehydes is 1. The third-order valence-electron chi connectivity index (χ3n) is 4.32. The average molecular weight is 334 g/mol. The predicted octanol–water partition coefficient (Wildman–Crippen LogP) is 3.31. The van der Waals surface area contributed by atoms with Gasteiger partial charge in [0.2, 0.25) is 0 Å². The number of hydrogen-bond donors (Lipinski definition) is 1. The van der Waals surface area contributed by atoms with E-state index in [0.29, 0.717) is 5.31 Å². The molecule has 120 valence electrons.